The van der Waals surface area contributed by atoms with E-state index in [0.717, 1.165) is 23.5 Å². The third kappa shape index (κ3) is 3.79. The number of aryl methyl sites for hydroxylation is 2. The summed E-state index contributed by atoms with van der Waals surface area (Å²) in [5.41, 5.74) is 2.71. The lowest BCUT2D eigenvalue weighted by molar-refractivity contribution is -0.651. The van der Waals surface area contributed by atoms with E-state index in [4.69, 9.17) is 4.74 Å². The summed E-state index contributed by atoms with van der Waals surface area (Å²) in [6.07, 6.45) is -4.42. The van der Waals surface area contributed by atoms with Gasteiger partial charge in [0, 0.05) is 12.5 Å². The van der Waals surface area contributed by atoms with Gasteiger partial charge in [0.05, 0.1) is 19.7 Å². The first-order chi connectivity index (χ1) is 15.2. The van der Waals surface area contributed by atoms with Crippen LogP contribution in [0.15, 0.2) is 60.7 Å². The Bertz CT molecular complexity index is 1310. The summed E-state index contributed by atoms with van der Waals surface area (Å²) < 4.78 is 46.2. The Labute approximate surface area is 182 Å². The van der Waals surface area contributed by atoms with Crippen molar-refractivity contribution < 1.29 is 27.3 Å². The van der Waals surface area contributed by atoms with Gasteiger partial charge in [-0.15, -0.1) is 0 Å². The first-order valence-corrected chi connectivity index (χ1v) is 9.84. The molecule has 8 heteroatoms. The number of methoxy groups -OCH3 is 1. The molecule has 2 N–H and O–H groups in total. The van der Waals surface area contributed by atoms with Crippen molar-refractivity contribution >= 4 is 22.6 Å². The van der Waals surface area contributed by atoms with Gasteiger partial charge in [-0.1, -0.05) is 30.3 Å². The number of nitrogens with one attached hydrogen (secondary N) is 2. The highest BCUT2D eigenvalue weighted by atomic mass is 19.4. The van der Waals surface area contributed by atoms with Crippen molar-refractivity contribution in [2.24, 2.45) is 7.05 Å². The van der Waals surface area contributed by atoms with Crippen molar-refractivity contribution in [2.75, 3.05) is 12.4 Å². The SMILES string of the molecule is COc1ccc2c([nH]c(C)[n+]2C)c1NC(=O)c1ccccc1-c1ccc(C(F)(F)F)cc1. The third-order valence-corrected chi connectivity index (χ3v) is 5.47. The molecule has 1 aromatic heterocycles. The van der Waals surface area contributed by atoms with E-state index in [2.05, 4.69) is 10.3 Å². The van der Waals surface area contributed by atoms with Gasteiger partial charge in [-0.2, -0.15) is 13.2 Å². The summed E-state index contributed by atoms with van der Waals surface area (Å²) >= 11 is 0. The summed E-state index contributed by atoms with van der Waals surface area (Å²) in [5, 5.41) is 2.92. The third-order valence-electron chi connectivity index (χ3n) is 5.47. The van der Waals surface area contributed by atoms with Gasteiger partial charge in [-0.3, -0.25) is 4.79 Å². The lowest BCUT2D eigenvalue weighted by Crippen LogP contribution is -2.29. The van der Waals surface area contributed by atoms with E-state index >= 15 is 0 Å². The number of nitrogens with zero attached hydrogens (tertiary/aromatic N) is 1. The van der Waals surface area contributed by atoms with Gasteiger partial charge < -0.3 is 10.1 Å². The van der Waals surface area contributed by atoms with Gasteiger partial charge in [0.1, 0.15) is 11.4 Å². The van der Waals surface area contributed by atoms with Crippen LogP contribution in [0.25, 0.3) is 22.2 Å². The van der Waals surface area contributed by atoms with Crippen LogP contribution in [0.2, 0.25) is 0 Å². The molecule has 4 rings (SSSR count). The summed E-state index contributed by atoms with van der Waals surface area (Å²) in [6, 6.07) is 15.2. The van der Waals surface area contributed by atoms with Crippen LogP contribution in [0.5, 0.6) is 5.75 Å². The van der Waals surface area contributed by atoms with E-state index in [1.165, 1.54) is 19.2 Å². The number of carbonyl (C=O) groups is 1. The number of fused-ring (bicyclic) bond motifs is 1. The van der Waals surface area contributed by atoms with Crippen LogP contribution in [0.1, 0.15) is 21.7 Å². The van der Waals surface area contributed by atoms with Gasteiger partial charge >= 0.3 is 6.18 Å². The van der Waals surface area contributed by atoms with E-state index in [-0.39, 0.29) is 0 Å². The lowest BCUT2D eigenvalue weighted by atomic mass is 9.98. The number of H-pyrrole nitrogens is 1. The summed E-state index contributed by atoms with van der Waals surface area (Å²) in [6.45, 7) is 1.91. The molecule has 0 unspecified atom stereocenters. The Balaban J connectivity index is 1.74. The van der Waals surface area contributed by atoms with Crippen molar-refractivity contribution in [1.29, 1.82) is 0 Å². The smallest absolute Gasteiger partial charge is 0.416 e. The van der Waals surface area contributed by atoms with Crippen LogP contribution in [0.3, 0.4) is 0 Å². The molecule has 0 saturated heterocycles. The number of benzene rings is 3. The molecule has 32 heavy (non-hydrogen) atoms. The zero-order chi connectivity index (χ0) is 23.0. The van der Waals surface area contributed by atoms with Crippen molar-refractivity contribution in [1.82, 2.24) is 4.98 Å². The zero-order valence-corrected chi connectivity index (χ0v) is 17.7. The molecule has 0 bridgehead atoms. The molecule has 0 aliphatic rings. The molecule has 0 aliphatic heterocycles. The molecule has 4 aromatic rings. The molecule has 164 valence electrons. The van der Waals surface area contributed by atoms with Crippen LogP contribution < -0.4 is 14.6 Å². The highest BCUT2D eigenvalue weighted by Crippen LogP contribution is 2.34. The molecular formula is C24H21F3N3O2+. The van der Waals surface area contributed by atoms with E-state index in [0.29, 0.717) is 33.6 Å². The second-order valence-electron chi connectivity index (χ2n) is 7.38. The molecule has 0 radical (unpaired) electrons. The Kier molecular flexibility index (Phi) is 5.38. The zero-order valence-electron chi connectivity index (χ0n) is 17.7. The fourth-order valence-corrected chi connectivity index (χ4v) is 3.67. The number of ether oxygens (including phenoxy) is 1. The molecule has 0 spiro atoms. The number of alkyl halides is 3. The van der Waals surface area contributed by atoms with E-state index < -0.39 is 17.6 Å². The minimum Gasteiger partial charge on any atom is -0.494 e. The van der Waals surface area contributed by atoms with Crippen molar-refractivity contribution in [3.05, 3.63) is 77.6 Å². The number of hydrogen-bond donors (Lipinski definition) is 2. The van der Waals surface area contributed by atoms with Gasteiger partial charge in [-0.25, -0.2) is 9.55 Å². The molecule has 3 aromatic carbocycles. The Morgan fingerprint density at radius 3 is 2.38 bits per heavy atom. The minimum atomic E-state index is -4.42. The number of anilines is 1. The van der Waals surface area contributed by atoms with Crippen molar-refractivity contribution in [3.63, 3.8) is 0 Å². The fraction of sp³-hybridized carbons (Fsp3) is 0.167. The van der Waals surface area contributed by atoms with Gasteiger partial charge in [0.2, 0.25) is 0 Å². The number of aromatic amines is 1. The quantitative estimate of drug-likeness (QED) is 0.426. The fourth-order valence-electron chi connectivity index (χ4n) is 3.67. The number of halogens is 3. The Hall–Kier alpha value is -3.81. The number of carbonyl (C=O) groups excluding carboxylic acids is 1. The lowest BCUT2D eigenvalue weighted by Gasteiger charge is -2.13. The first-order valence-electron chi connectivity index (χ1n) is 9.84. The predicted octanol–water partition coefficient (Wildman–Crippen LogP) is 5.25. The number of rotatable bonds is 4. The second-order valence-corrected chi connectivity index (χ2v) is 7.38. The normalized spacial score (nSPS) is 11.6. The topological polar surface area (TPSA) is 58.0 Å². The number of amides is 1. The second kappa shape index (κ2) is 8.03. The van der Waals surface area contributed by atoms with E-state index in [9.17, 15) is 18.0 Å². The highest BCUT2D eigenvalue weighted by molar-refractivity contribution is 6.12. The molecule has 0 atom stereocenters. The van der Waals surface area contributed by atoms with Crippen LogP contribution in [-0.2, 0) is 13.2 Å². The molecule has 0 aliphatic carbocycles. The van der Waals surface area contributed by atoms with Crippen LogP contribution >= 0.6 is 0 Å². The van der Waals surface area contributed by atoms with Crippen LogP contribution in [-0.4, -0.2) is 18.0 Å². The molecular weight excluding hydrogens is 419 g/mol. The largest absolute Gasteiger partial charge is 0.494 e. The average Bonchev–Trinajstić information content (AvgIpc) is 3.07. The predicted molar refractivity (Wildman–Crippen MR) is 116 cm³/mol. The number of aromatic nitrogens is 2. The highest BCUT2D eigenvalue weighted by Gasteiger charge is 2.30. The minimum absolute atomic E-state index is 0.332. The van der Waals surface area contributed by atoms with Gasteiger partial charge in [-0.05, 0) is 41.5 Å². The van der Waals surface area contributed by atoms with Crippen molar-refractivity contribution in [3.8, 4) is 16.9 Å². The Morgan fingerprint density at radius 2 is 1.72 bits per heavy atom. The molecule has 5 nitrogen and oxygen atoms in total. The van der Waals surface area contributed by atoms with Crippen LogP contribution in [0, 0.1) is 6.92 Å². The first kappa shape index (κ1) is 21.4. The average molecular weight is 440 g/mol. The maximum Gasteiger partial charge on any atom is 0.416 e. The van der Waals surface area contributed by atoms with Crippen molar-refractivity contribution in [2.45, 2.75) is 13.1 Å². The maximum atomic E-state index is 13.3. The van der Waals surface area contributed by atoms with Gasteiger partial charge in [0.25, 0.3) is 11.7 Å². The van der Waals surface area contributed by atoms with E-state index in [1.54, 1.807) is 30.3 Å². The summed E-state index contributed by atoms with van der Waals surface area (Å²) in [5.74, 6) is 0.981. The standard InChI is InChI=1S/C24H20F3N3O2/c1-14-28-21-19(30(14)2)12-13-20(32-3)22(21)29-23(31)18-7-5-4-6-17(18)15-8-10-16(11-9-15)24(25,26)27/h4-13H,1-3H3,(H,29,31)/p+1. The summed E-state index contributed by atoms with van der Waals surface area (Å²) in [4.78, 5) is 16.5. The maximum absolute atomic E-state index is 13.3. The molecule has 1 amide bonds. The number of imidazole rings is 1. The van der Waals surface area contributed by atoms with Crippen LogP contribution in [0.4, 0.5) is 18.9 Å². The molecule has 0 fully saturated rings. The monoisotopic (exact) mass is 440 g/mol. The molecule has 1 heterocycles. The Morgan fingerprint density at radius 1 is 1.03 bits per heavy atom. The molecule has 0 saturated carbocycles. The summed E-state index contributed by atoms with van der Waals surface area (Å²) in [7, 11) is 3.43. The van der Waals surface area contributed by atoms with Gasteiger partial charge in [0.15, 0.2) is 11.0 Å². The number of hydrogen-bond acceptors (Lipinski definition) is 2. The van der Waals surface area contributed by atoms with E-state index in [1.807, 2.05) is 24.6 Å².